The van der Waals surface area contributed by atoms with Gasteiger partial charge in [-0.05, 0) is 30.4 Å². The summed E-state index contributed by atoms with van der Waals surface area (Å²) in [4.78, 5) is 1.49. The minimum absolute atomic E-state index is 1.22. The molecule has 2 aromatic rings. The SMILES string of the molecule is CCCc1c(C)sc2ccccc12. The van der Waals surface area contributed by atoms with Crippen molar-refractivity contribution in [1.29, 1.82) is 0 Å². The number of thiophene rings is 1. The van der Waals surface area contributed by atoms with Crippen LogP contribution >= 0.6 is 11.3 Å². The Kier molecular flexibility index (Phi) is 2.36. The topological polar surface area (TPSA) is 0 Å². The summed E-state index contributed by atoms with van der Waals surface area (Å²) in [6, 6.07) is 8.71. The standard InChI is InChI=1S/C12H14S/c1-3-6-10-9(2)13-12-8-5-4-7-11(10)12/h4-5,7-8H,3,6H2,1-2H3. The zero-order chi connectivity index (χ0) is 9.26. The van der Waals surface area contributed by atoms with Gasteiger partial charge in [0.15, 0.2) is 0 Å². The van der Waals surface area contributed by atoms with Crippen molar-refractivity contribution in [1.82, 2.24) is 0 Å². The summed E-state index contributed by atoms with van der Waals surface area (Å²) in [5, 5.41) is 1.46. The second kappa shape index (κ2) is 3.51. The first-order valence-electron chi connectivity index (χ1n) is 4.80. The normalized spacial score (nSPS) is 10.9. The molecule has 0 fully saturated rings. The molecule has 0 nitrogen and oxygen atoms in total. The summed E-state index contributed by atoms with van der Waals surface area (Å²) in [5.41, 5.74) is 1.56. The lowest BCUT2D eigenvalue weighted by molar-refractivity contribution is 0.926. The van der Waals surface area contributed by atoms with Crippen LogP contribution < -0.4 is 0 Å². The van der Waals surface area contributed by atoms with Crippen LogP contribution in [0, 0.1) is 6.92 Å². The predicted molar refractivity (Wildman–Crippen MR) is 60.6 cm³/mol. The smallest absolute Gasteiger partial charge is 0.0348 e. The highest BCUT2D eigenvalue weighted by Crippen LogP contribution is 2.31. The van der Waals surface area contributed by atoms with Crippen molar-refractivity contribution in [2.24, 2.45) is 0 Å². The second-order valence-electron chi connectivity index (χ2n) is 3.38. The third kappa shape index (κ3) is 1.49. The van der Waals surface area contributed by atoms with Gasteiger partial charge in [-0.2, -0.15) is 0 Å². The van der Waals surface area contributed by atoms with E-state index < -0.39 is 0 Å². The molecular formula is C12H14S. The van der Waals surface area contributed by atoms with Crippen molar-refractivity contribution < 1.29 is 0 Å². The van der Waals surface area contributed by atoms with Gasteiger partial charge in [-0.3, -0.25) is 0 Å². The van der Waals surface area contributed by atoms with Crippen molar-refractivity contribution >= 4 is 21.4 Å². The number of fused-ring (bicyclic) bond motifs is 1. The molecule has 0 amide bonds. The summed E-state index contributed by atoms with van der Waals surface area (Å²) < 4.78 is 1.43. The van der Waals surface area contributed by atoms with Gasteiger partial charge >= 0.3 is 0 Å². The van der Waals surface area contributed by atoms with E-state index in [1.807, 2.05) is 11.3 Å². The molecule has 1 heterocycles. The van der Waals surface area contributed by atoms with E-state index in [9.17, 15) is 0 Å². The van der Waals surface area contributed by atoms with E-state index in [1.54, 1.807) is 5.56 Å². The molecule has 1 heteroatoms. The van der Waals surface area contributed by atoms with Crippen molar-refractivity contribution in [3.05, 3.63) is 34.7 Å². The van der Waals surface area contributed by atoms with Gasteiger partial charge in [-0.1, -0.05) is 31.5 Å². The van der Waals surface area contributed by atoms with Crippen LogP contribution in [0.15, 0.2) is 24.3 Å². The monoisotopic (exact) mass is 190 g/mol. The lowest BCUT2D eigenvalue weighted by Crippen LogP contribution is -1.82. The van der Waals surface area contributed by atoms with E-state index in [-0.39, 0.29) is 0 Å². The molecule has 0 radical (unpaired) electrons. The molecule has 68 valence electrons. The Balaban J connectivity index is 2.64. The number of aryl methyl sites for hydroxylation is 2. The van der Waals surface area contributed by atoms with Gasteiger partial charge < -0.3 is 0 Å². The molecule has 0 N–H and O–H groups in total. The third-order valence-corrected chi connectivity index (χ3v) is 3.53. The van der Waals surface area contributed by atoms with Gasteiger partial charge in [0.25, 0.3) is 0 Å². The highest BCUT2D eigenvalue weighted by atomic mass is 32.1. The lowest BCUT2D eigenvalue weighted by Gasteiger charge is -1.97. The summed E-state index contributed by atoms with van der Waals surface area (Å²) >= 11 is 1.92. The van der Waals surface area contributed by atoms with Gasteiger partial charge in [-0.25, -0.2) is 0 Å². The number of hydrogen-bond acceptors (Lipinski definition) is 1. The van der Waals surface area contributed by atoms with E-state index in [2.05, 4.69) is 38.1 Å². The van der Waals surface area contributed by atoms with Gasteiger partial charge in [0.2, 0.25) is 0 Å². The van der Waals surface area contributed by atoms with Gasteiger partial charge in [0.05, 0.1) is 0 Å². The Morgan fingerprint density at radius 3 is 2.77 bits per heavy atom. The molecule has 0 atom stereocenters. The molecule has 1 aromatic heterocycles. The summed E-state index contributed by atoms with van der Waals surface area (Å²) in [6.07, 6.45) is 2.46. The van der Waals surface area contributed by atoms with E-state index in [0.29, 0.717) is 0 Å². The fourth-order valence-electron chi connectivity index (χ4n) is 1.78. The summed E-state index contributed by atoms with van der Waals surface area (Å²) in [6.45, 7) is 4.47. The maximum absolute atomic E-state index is 2.24. The zero-order valence-electron chi connectivity index (χ0n) is 8.13. The lowest BCUT2D eigenvalue weighted by atomic mass is 10.1. The Hall–Kier alpha value is -0.820. The van der Waals surface area contributed by atoms with Crippen LogP contribution in [0.1, 0.15) is 23.8 Å². The molecule has 0 bridgehead atoms. The average Bonchev–Trinajstić information content (AvgIpc) is 2.44. The van der Waals surface area contributed by atoms with Crippen molar-refractivity contribution in [2.45, 2.75) is 26.7 Å². The first kappa shape index (κ1) is 8.76. The Labute approximate surface area is 83.2 Å². The molecule has 0 saturated heterocycles. The molecular weight excluding hydrogens is 176 g/mol. The van der Waals surface area contributed by atoms with Crippen LogP contribution in [0.4, 0.5) is 0 Å². The van der Waals surface area contributed by atoms with E-state index in [4.69, 9.17) is 0 Å². The molecule has 13 heavy (non-hydrogen) atoms. The number of benzene rings is 1. The highest BCUT2D eigenvalue weighted by molar-refractivity contribution is 7.19. The second-order valence-corrected chi connectivity index (χ2v) is 4.64. The minimum atomic E-state index is 1.22. The molecule has 0 saturated carbocycles. The van der Waals surface area contributed by atoms with E-state index in [0.717, 1.165) is 0 Å². The fourth-order valence-corrected chi connectivity index (χ4v) is 2.89. The quantitative estimate of drug-likeness (QED) is 0.667. The van der Waals surface area contributed by atoms with Crippen LogP contribution in [-0.4, -0.2) is 0 Å². The predicted octanol–water partition coefficient (Wildman–Crippen LogP) is 4.16. The average molecular weight is 190 g/mol. The molecule has 0 aliphatic rings. The van der Waals surface area contributed by atoms with Crippen molar-refractivity contribution in [3.8, 4) is 0 Å². The van der Waals surface area contributed by atoms with Crippen LogP contribution in [0.2, 0.25) is 0 Å². The van der Waals surface area contributed by atoms with Crippen molar-refractivity contribution in [3.63, 3.8) is 0 Å². The van der Waals surface area contributed by atoms with E-state index in [1.165, 1.54) is 27.8 Å². The zero-order valence-corrected chi connectivity index (χ0v) is 8.95. The molecule has 0 unspecified atom stereocenters. The third-order valence-electron chi connectivity index (χ3n) is 2.40. The van der Waals surface area contributed by atoms with Crippen LogP contribution in [-0.2, 0) is 6.42 Å². The molecule has 2 rings (SSSR count). The maximum Gasteiger partial charge on any atom is 0.0348 e. The highest BCUT2D eigenvalue weighted by Gasteiger charge is 2.06. The van der Waals surface area contributed by atoms with Crippen LogP contribution in [0.25, 0.3) is 10.1 Å². The van der Waals surface area contributed by atoms with Gasteiger partial charge in [-0.15, -0.1) is 11.3 Å². The number of hydrogen-bond donors (Lipinski definition) is 0. The molecule has 1 aromatic carbocycles. The molecule has 0 spiro atoms. The van der Waals surface area contributed by atoms with Crippen LogP contribution in [0.3, 0.4) is 0 Å². The maximum atomic E-state index is 2.24. The Morgan fingerprint density at radius 1 is 1.23 bits per heavy atom. The van der Waals surface area contributed by atoms with Gasteiger partial charge in [0.1, 0.15) is 0 Å². The summed E-state index contributed by atoms with van der Waals surface area (Å²) in [7, 11) is 0. The fraction of sp³-hybridized carbons (Fsp3) is 0.333. The number of rotatable bonds is 2. The largest absolute Gasteiger partial charge is 0.140 e. The first-order valence-corrected chi connectivity index (χ1v) is 5.61. The minimum Gasteiger partial charge on any atom is -0.140 e. The molecule has 0 aliphatic heterocycles. The van der Waals surface area contributed by atoms with Gasteiger partial charge in [0, 0.05) is 9.58 Å². The summed E-state index contributed by atoms with van der Waals surface area (Å²) in [5.74, 6) is 0. The first-order chi connectivity index (χ1) is 6.33. The van der Waals surface area contributed by atoms with E-state index >= 15 is 0 Å². The Bertz CT molecular complexity index is 412. The Morgan fingerprint density at radius 2 is 2.00 bits per heavy atom. The van der Waals surface area contributed by atoms with Crippen LogP contribution in [0.5, 0.6) is 0 Å². The van der Waals surface area contributed by atoms with Crippen molar-refractivity contribution in [2.75, 3.05) is 0 Å². The molecule has 0 aliphatic carbocycles.